The van der Waals surface area contributed by atoms with Gasteiger partial charge >= 0.3 is 0 Å². The van der Waals surface area contributed by atoms with E-state index >= 15 is 0 Å². The van der Waals surface area contributed by atoms with Gasteiger partial charge in [-0.25, -0.2) is 0 Å². The Balaban J connectivity index is 1.52. The number of carbonyl (C=O) groups excluding carboxylic acids is 2. The summed E-state index contributed by atoms with van der Waals surface area (Å²) in [5.41, 5.74) is 5.74. The van der Waals surface area contributed by atoms with E-state index < -0.39 is 0 Å². The van der Waals surface area contributed by atoms with Gasteiger partial charge in [-0.05, 0) is 42.7 Å². The fourth-order valence-corrected chi connectivity index (χ4v) is 5.75. The summed E-state index contributed by atoms with van der Waals surface area (Å²) in [6, 6.07) is 16.9. The first-order valence-corrected chi connectivity index (χ1v) is 11.8. The van der Waals surface area contributed by atoms with E-state index in [-0.39, 0.29) is 17.6 Å². The highest BCUT2D eigenvalue weighted by atomic mass is 16.5. The fraction of sp³-hybridized carbons (Fsp3) is 0.276. The van der Waals surface area contributed by atoms with Gasteiger partial charge in [-0.15, -0.1) is 0 Å². The lowest BCUT2D eigenvalue weighted by Gasteiger charge is -2.36. The van der Waals surface area contributed by atoms with E-state index in [1.54, 1.807) is 44.6 Å². The summed E-state index contributed by atoms with van der Waals surface area (Å²) < 4.78 is 11.2. The van der Waals surface area contributed by atoms with Crippen LogP contribution in [0, 0.1) is 0 Å². The number of rotatable bonds is 3. The maximum absolute atomic E-state index is 13.3. The largest absolute Gasteiger partial charge is 0.493 e. The normalized spacial score (nSPS) is 20.5. The van der Waals surface area contributed by atoms with Crippen LogP contribution in [0.5, 0.6) is 11.5 Å². The third kappa shape index (κ3) is 3.03. The van der Waals surface area contributed by atoms with E-state index in [1.165, 1.54) is 12.0 Å². The Bertz CT molecular complexity index is 1390. The molecule has 5 heteroatoms. The average Bonchev–Trinajstić information content (AvgIpc) is 2.90. The molecule has 0 aromatic heterocycles. The molecule has 34 heavy (non-hydrogen) atoms. The zero-order valence-corrected chi connectivity index (χ0v) is 19.3. The van der Waals surface area contributed by atoms with Crippen molar-refractivity contribution >= 4 is 17.3 Å². The number of ether oxygens (including phenoxy) is 2. The van der Waals surface area contributed by atoms with Crippen LogP contribution in [0.1, 0.15) is 80.1 Å². The molecule has 2 unspecified atom stereocenters. The molecule has 2 atom stereocenters. The molecule has 1 heterocycles. The van der Waals surface area contributed by atoms with Crippen LogP contribution in [0.4, 0.5) is 0 Å². The minimum atomic E-state index is -0.119. The van der Waals surface area contributed by atoms with E-state index in [9.17, 15) is 9.59 Å². The van der Waals surface area contributed by atoms with Crippen molar-refractivity contribution in [2.24, 2.45) is 4.99 Å². The number of hydrogen-bond donors (Lipinski definition) is 0. The van der Waals surface area contributed by atoms with Crippen LogP contribution in [0.15, 0.2) is 59.6 Å². The zero-order valence-electron chi connectivity index (χ0n) is 19.3. The molecule has 0 amide bonds. The van der Waals surface area contributed by atoms with Gasteiger partial charge in [-0.3, -0.25) is 14.6 Å². The molecule has 0 bridgehead atoms. The number of ketones is 2. The van der Waals surface area contributed by atoms with E-state index in [4.69, 9.17) is 14.5 Å². The Morgan fingerprint density at radius 1 is 0.735 bits per heavy atom. The lowest BCUT2D eigenvalue weighted by Crippen LogP contribution is -2.30. The smallest absolute Gasteiger partial charge is 0.194 e. The molecule has 170 valence electrons. The third-order valence-electron chi connectivity index (χ3n) is 7.43. The Labute approximate surface area is 198 Å². The quantitative estimate of drug-likeness (QED) is 0.421. The van der Waals surface area contributed by atoms with Crippen LogP contribution >= 0.6 is 0 Å². The summed E-state index contributed by atoms with van der Waals surface area (Å²) >= 11 is 0. The molecule has 0 spiro atoms. The fourth-order valence-electron chi connectivity index (χ4n) is 5.75. The molecular weight excluding hydrogens is 426 g/mol. The van der Waals surface area contributed by atoms with Crippen LogP contribution in [-0.4, -0.2) is 37.5 Å². The molecule has 1 fully saturated rings. The van der Waals surface area contributed by atoms with Gasteiger partial charge in [0.25, 0.3) is 0 Å². The first kappa shape index (κ1) is 20.8. The Morgan fingerprint density at radius 2 is 1.38 bits per heavy atom. The van der Waals surface area contributed by atoms with Gasteiger partial charge in [0.15, 0.2) is 23.1 Å². The molecule has 3 aromatic carbocycles. The van der Waals surface area contributed by atoms with Crippen molar-refractivity contribution in [2.45, 2.75) is 37.6 Å². The highest BCUT2D eigenvalue weighted by Gasteiger charge is 2.36. The highest BCUT2D eigenvalue weighted by Crippen LogP contribution is 2.45. The van der Waals surface area contributed by atoms with E-state index in [0.717, 1.165) is 41.9 Å². The Morgan fingerprint density at radius 3 is 2.12 bits per heavy atom. The van der Waals surface area contributed by atoms with Crippen molar-refractivity contribution in [2.75, 3.05) is 14.2 Å². The van der Waals surface area contributed by atoms with Gasteiger partial charge in [-0.1, -0.05) is 43.2 Å². The zero-order chi connectivity index (χ0) is 23.4. The lowest BCUT2D eigenvalue weighted by molar-refractivity contribution is 0.0979. The summed E-state index contributed by atoms with van der Waals surface area (Å²) in [4.78, 5) is 31.6. The predicted octanol–water partition coefficient (Wildman–Crippen LogP) is 5.36. The number of benzene rings is 3. The number of nitrogens with zero attached hydrogens (tertiary/aromatic N) is 1. The molecule has 0 saturated heterocycles. The van der Waals surface area contributed by atoms with Gasteiger partial charge in [0.2, 0.25) is 0 Å². The van der Waals surface area contributed by atoms with Gasteiger partial charge < -0.3 is 9.47 Å². The number of aliphatic imine (C=N–C) groups is 1. The topological polar surface area (TPSA) is 65.0 Å². The van der Waals surface area contributed by atoms with Gasteiger partial charge in [0.1, 0.15) is 0 Å². The summed E-state index contributed by atoms with van der Waals surface area (Å²) in [5.74, 6) is 1.49. The van der Waals surface area contributed by atoms with Gasteiger partial charge in [0.05, 0.1) is 26.0 Å². The SMILES string of the molecule is COc1cc2c(cc1OC)C1CCCCC1N=C2c1ccc2c(c1)C(=O)c1ccccc1C2=O. The van der Waals surface area contributed by atoms with Crippen LogP contribution in [0.3, 0.4) is 0 Å². The summed E-state index contributed by atoms with van der Waals surface area (Å²) in [6.45, 7) is 0. The van der Waals surface area contributed by atoms with Gasteiger partial charge in [0, 0.05) is 39.3 Å². The van der Waals surface area contributed by atoms with Crippen molar-refractivity contribution < 1.29 is 19.1 Å². The second kappa shape index (κ2) is 7.94. The first-order chi connectivity index (χ1) is 16.6. The second-order valence-corrected chi connectivity index (χ2v) is 9.19. The standard InChI is InChI=1S/C29H25NO4/c1-33-25-14-21-17-7-5-6-10-24(17)30-27(22(21)15-26(25)34-2)16-11-12-20-23(13-16)29(32)19-9-4-3-8-18(19)28(20)31/h3-4,8-9,11-15,17,24H,5-7,10H2,1-2H3. The molecule has 3 aliphatic rings. The summed E-state index contributed by atoms with van der Waals surface area (Å²) in [7, 11) is 3.29. The number of methoxy groups -OCH3 is 2. The molecular formula is C29H25NO4. The second-order valence-electron chi connectivity index (χ2n) is 9.19. The van der Waals surface area contributed by atoms with Gasteiger partial charge in [-0.2, -0.15) is 0 Å². The van der Waals surface area contributed by atoms with Crippen LogP contribution in [-0.2, 0) is 0 Å². The molecule has 3 aromatic rings. The van der Waals surface area contributed by atoms with Crippen molar-refractivity contribution in [1.29, 1.82) is 0 Å². The average molecular weight is 452 g/mol. The van der Waals surface area contributed by atoms with E-state index in [0.29, 0.717) is 33.9 Å². The van der Waals surface area contributed by atoms with Crippen molar-refractivity contribution in [1.82, 2.24) is 0 Å². The monoisotopic (exact) mass is 451 g/mol. The molecule has 0 N–H and O–H groups in total. The van der Waals surface area contributed by atoms with Crippen molar-refractivity contribution in [3.63, 3.8) is 0 Å². The maximum atomic E-state index is 13.3. The van der Waals surface area contributed by atoms with E-state index in [1.807, 2.05) is 18.2 Å². The minimum absolute atomic E-state index is 0.110. The molecule has 6 rings (SSSR count). The van der Waals surface area contributed by atoms with E-state index in [2.05, 4.69) is 6.07 Å². The highest BCUT2D eigenvalue weighted by molar-refractivity contribution is 6.29. The Hall–Kier alpha value is -3.73. The lowest BCUT2D eigenvalue weighted by atomic mass is 9.74. The van der Waals surface area contributed by atoms with Crippen molar-refractivity contribution in [3.05, 3.63) is 93.5 Å². The molecule has 1 saturated carbocycles. The van der Waals surface area contributed by atoms with Crippen LogP contribution < -0.4 is 9.47 Å². The molecule has 1 aliphatic heterocycles. The maximum Gasteiger partial charge on any atom is 0.194 e. The molecule has 2 aliphatic carbocycles. The first-order valence-electron chi connectivity index (χ1n) is 11.8. The summed E-state index contributed by atoms with van der Waals surface area (Å²) in [5, 5.41) is 0. The number of hydrogen-bond acceptors (Lipinski definition) is 5. The van der Waals surface area contributed by atoms with Crippen LogP contribution in [0.25, 0.3) is 0 Å². The predicted molar refractivity (Wildman–Crippen MR) is 130 cm³/mol. The minimum Gasteiger partial charge on any atom is -0.493 e. The third-order valence-corrected chi connectivity index (χ3v) is 7.43. The molecule has 5 nitrogen and oxygen atoms in total. The number of fused-ring (bicyclic) bond motifs is 5. The van der Waals surface area contributed by atoms with Crippen molar-refractivity contribution in [3.8, 4) is 11.5 Å². The summed E-state index contributed by atoms with van der Waals surface area (Å²) in [6.07, 6.45) is 4.48. The Kier molecular flexibility index (Phi) is 4.87. The van der Waals surface area contributed by atoms with Crippen LogP contribution in [0.2, 0.25) is 0 Å². The molecule has 0 radical (unpaired) electrons. The number of carbonyl (C=O) groups is 2.